The van der Waals surface area contributed by atoms with Gasteiger partial charge >= 0.3 is 0 Å². The molecule has 6 nitrogen and oxygen atoms in total. The third kappa shape index (κ3) is 3.93. The number of non-ortho nitro benzene ring substituents is 1. The van der Waals surface area contributed by atoms with Crippen LogP contribution in [0, 0.1) is 10.1 Å². The fraction of sp³-hybridized carbons (Fsp3) is 0.0714. The molecule has 1 N–H and O–H groups in total. The van der Waals surface area contributed by atoms with E-state index in [4.69, 9.17) is 16.3 Å². The number of anilines is 1. The number of rotatable bonds is 5. The van der Waals surface area contributed by atoms with E-state index in [9.17, 15) is 10.1 Å². The summed E-state index contributed by atoms with van der Waals surface area (Å²) in [6, 6.07) is 11.3. The maximum Gasteiger partial charge on any atom is 0.270 e. The van der Waals surface area contributed by atoms with Crippen molar-refractivity contribution in [2.75, 3.05) is 12.5 Å². The van der Waals surface area contributed by atoms with Gasteiger partial charge in [-0.15, -0.1) is 0 Å². The molecule has 0 unspecified atom stereocenters. The van der Waals surface area contributed by atoms with Gasteiger partial charge in [-0.2, -0.15) is 5.10 Å². The Hall–Kier alpha value is -2.60. The number of ether oxygens (including phenoxy) is 1. The number of nitro groups is 1. The van der Waals surface area contributed by atoms with Crippen molar-refractivity contribution in [1.82, 2.24) is 0 Å². The molecule has 108 valence electrons. The van der Waals surface area contributed by atoms with E-state index in [2.05, 4.69) is 10.5 Å². The van der Waals surface area contributed by atoms with Crippen molar-refractivity contribution in [2.24, 2.45) is 5.10 Å². The van der Waals surface area contributed by atoms with Crippen molar-refractivity contribution < 1.29 is 9.66 Å². The molecule has 21 heavy (non-hydrogen) atoms. The molecule has 0 aromatic heterocycles. The second-order valence-corrected chi connectivity index (χ2v) is 4.47. The molecular formula is C14H12ClN3O3. The Morgan fingerprint density at radius 3 is 2.62 bits per heavy atom. The maximum absolute atomic E-state index is 10.7. The molecule has 2 rings (SSSR count). The van der Waals surface area contributed by atoms with Gasteiger partial charge in [0.2, 0.25) is 0 Å². The summed E-state index contributed by atoms with van der Waals surface area (Å²) >= 11 is 5.96. The Morgan fingerprint density at radius 2 is 2.00 bits per heavy atom. The lowest BCUT2D eigenvalue weighted by Crippen LogP contribution is -1.94. The second-order valence-electron chi connectivity index (χ2n) is 4.06. The quantitative estimate of drug-likeness (QED) is 0.519. The summed E-state index contributed by atoms with van der Waals surface area (Å²) in [4.78, 5) is 10.2. The number of hydrazone groups is 1. The minimum atomic E-state index is -0.482. The third-order valence-corrected chi connectivity index (χ3v) is 3.02. The van der Waals surface area contributed by atoms with Gasteiger partial charge < -0.3 is 4.74 Å². The first-order chi connectivity index (χ1) is 10.1. The summed E-state index contributed by atoms with van der Waals surface area (Å²) in [5.41, 5.74) is 3.99. The highest BCUT2D eigenvalue weighted by Crippen LogP contribution is 2.20. The van der Waals surface area contributed by atoms with E-state index < -0.39 is 4.92 Å². The van der Waals surface area contributed by atoms with Gasteiger partial charge in [0.05, 0.1) is 23.9 Å². The lowest BCUT2D eigenvalue weighted by atomic mass is 10.2. The number of hydrogen-bond donors (Lipinski definition) is 1. The van der Waals surface area contributed by atoms with E-state index >= 15 is 0 Å². The van der Waals surface area contributed by atoms with Crippen molar-refractivity contribution >= 4 is 29.2 Å². The Balaban J connectivity index is 2.09. The number of hydrogen-bond acceptors (Lipinski definition) is 5. The van der Waals surface area contributed by atoms with Crippen molar-refractivity contribution in [3.63, 3.8) is 0 Å². The van der Waals surface area contributed by atoms with Gasteiger partial charge in [-0.05, 0) is 30.3 Å². The van der Waals surface area contributed by atoms with Crippen LogP contribution >= 0.6 is 11.6 Å². The second kappa shape index (κ2) is 6.71. The molecule has 0 saturated heterocycles. The molecule has 0 amide bonds. The molecule has 0 bridgehead atoms. The Morgan fingerprint density at radius 1 is 1.29 bits per heavy atom. The van der Waals surface area contributed by atoms with E-state index in [-0.39, 0.29) is 5.69 Å². The normalized spacial score (nSPS) is 10.6. The summed E-state index contributed by atoms with van der Waals surface area (Å²) in [6.07, 6.45) is 1.43. The molecule has 0 fully saturated rings. The van der Waals surface area contributed by atoms with Crippen LogP contribution < -0.4 is 10.2 Å². The fourth-order valence-corrected chi connectivity index (χ4v) is 1.75. The van der Waals surface area contributed by atoms with Crippen molar-refractivity contribution in [2.45, 2.75) is 0 Å². The zero-order valence-electron chi connectivity index (χ0n) is 11.1. The van der Waals surface area contributed by atoms with Crippen LogP contribution in [0.4, 0.5) is 11.4 Å². The first-order valence-electron chi connectivity index (χ1n) is 5.97. The molecule has 0 saturated carbocycles. The highest BCUT2D eigenvalue weighted by atomic mass is 35.5. The summed E-state index contributed by atoms with van der Waals surface area (Å²) in [5.74, 6) is 0.742. The number of nitrogens with one attached hydrogen (secondary N) is 1. The van der Waals surface area contributed by atoms with E-state index in [1.54, 1.807) is 31.4 Å². The van der Waals surface area contributed by atoms with Crippen LogP contribution in [0.2, 0.25) is 5.02 Å². The molecule has 0 aliphatic heterocycles. The van der Waals surface area contributed by atoms with Crippen LogP contribution in [0.3, 0.4) is 0 Å². The molecular weight excluding hydrogens is 294 g/mol. The van der Waals surface area contributed by atoms with Crippen molar-refractivity contribution in [1.29, 1.82) is 0 Å². The van der Waals surface area contributed by atoms with Gasteiger partial charge in [0.15, 0.2) is 0 Å². The molecule has 0 spiro atoms. The molecule has 7 heteroatoms. The fourth-order valence-electron chi connectivity index (χ4n) is 1.59. The first-order valence-corrected chi connectivity index (χ1v) is 6.35. The number of halogens is 1. The van der Waals surface area contributed by atoms with E-state index in [0.29, 0.717) is 10.6 Å². The van der Waals surface area contributed by atoms with Gasteiger partial charge in [0.1, 0.15) is 5.75 Å². The van der Waals surface area contributed by atoms with E-state index in [1.165, 1.54) is 24.4 Å². The average Bonchev–Trinajstić information content (AvgIpc) is 2.49. The molecule has 0 aliphatic carbocycles. The lowest BCUT2D eigenvalue weighted by Gasteiger charge is -2.02. The Bertz CT molecular complexity index is 672. The molecule has 0 atom stereocenters. The number of benzene rings is 2. The van der Waals surface area contributed by atoms with Crippen LogP contribution in [0.1, 0.15) is 5.56 Å². The predicted molar refractivity (Wildman–Crippen MR) is 82.3 cm³/mol. The van der Waals surface area contributed by atoms with Crippen LogP contribution in [0.5, 0.6) is 5.75 Å². The topological polar surface area (TPSA) is 76.8 Å². The summed E-state index contributed by atoms with van der Waals surface area (Å²) in [7, 11) is 1.59. The zero-order chi connectivity index (χ0) is 15.2. The zero-order valence-corrected chi connectivity index (χ0v) is 11.9. The van der Waals surface area contributed by atoms with Crippen LogP contribution in [0.15, 0.2) is 47.6 Å². The van der Waals surface area contributed by atoms with Crippen LogP contribution in [-0.4, -0.2) is 18.2 Å². The van der Waals surface area contributed by atoms with Gasteiger partial charge in [-0.25, -0.2) is 0 Å². The molecule has 2 aromatic rings. The minimum Gasteiger partial charge on any atom is -0.497 e. The Kier molecular flexibility index (Phi) is 4.73. The highest BCUT2D eigenvalue weighted by Gasteiger charge is 2.08. The summed E-state index contributed by atoms with van der Waals surface area (Å²) < 4.78 is 5.05. The van der Waals surface area contributed by atoms with Crippen molar-refractivity contribution in [3.05, 3.63) is 63.2 Å². The SMILES string of the molecule is COc1ccc(N/N=C/c2cc([N+](=O)[O-])ccc2Cl)cc1. The van der Waals surface area contributed by atoms with Gasteiger partial charge in [-0.1, -0.05) is 11.6 Å². The Labute approximate surface area is 126 Å². The highest BCUT2D eigenvalue weighted by molar-refractivity contribution is 6.33. The number of methoxy groups -OCH3 is 1. The standard InChI is InChI=1S/C14H12ClN3O3/c1-21-13-5-2-11(3-6-13)17-16-9-10-8-12(18(19)20)4-7-14(10)15/h2-9,17H,1H3/b16-9+. The first kappa shape index (κ1) is 14.8. The van der Waals surface area contributed by atoms with Crippen LogP contribution in [-0.2, 0) is 0 Å². The van der Waals surface area contributed by atoms with E-state index in [1.807, 2.05) is 0 Å². The predicted octanol–water partition coefficient (Wildman–Crippen LogP) is 3.70. The lowest BCUT2D eigenvalue weighted by molar-refractivity contribution is -0.384. The molecule has 0 heterocycles. The largest absolute Gasteiger partial charge is 0.497 e. The third-order valence-electron chi connectivity index (χ3n) is 2.68. The smallest absolute Gasteiger partial charge is 0.270 e. The molecule has 2 aromatic carbocycles. The molecule has 0 radical (unpaired) electrons. The average molecular weight is 306 g/mol. The number of nitrogens with zero attached hydrogens (tertiary/aromatic N) is 2. The summed E-state index contributed by atoms with van der Waals surface area (Å²) in [6.45, 7) is 0. The van der Waals surface area contributed by atoms with Crippen molar-refractivity contribution in [3.8, 4) is 5.75 Å². The molecule has 0 aliphatic rings. The minimum absolute atomic E-state index is 0.0368. The number of nitro benzene ring substituents is 1. The summed E-state index contributed by atoms with van der Waals surface area (Å²) in [5, 5.41) is 15.1. The van der Waals surface area contributed by atoms with E-state index in [0.717, 1.165) is 11.4 Å². The van der Waals surface area contributed by atoms with Gasteiger partial charge in [0.25, 0.3) is 5.69 Å². The van der Waals surface area contributed by atoms with Gasteiger partial charge in [-0.3, -0.25) is 15.5 Å². The monoisotopic (exact) mass is 305 g/mol. The maximum atomic E-state index is 10.7. The van der Waals surface area contributed by atoms with Crippen LogP contribution in [0.25, 0.3) is 0 Å². The van der Waals surface area contributed by atoms with Gasteiger partial charge in [0, 0.05) is 22.7 Å².